The van der Waals surface area contributed by atoms with Gasteiger partial charge in [-0.25, -0.2) is 9.97 Å². The molecule has 0 amide bonds. The van der Waals surface area contributed by atoms with E-state index in [0.717, 1.165) is 48.8 Å². The van der Waals surface area contributed by atoms with E-state index in [0.29, 0.717) is 18.1 Å². The zero-order valence-corrected chi connectivity index (χ0v) is 13.3. The molecule has 116 valence electrons. The number of methoxy groups -OCH3 is 1. The molecular formula is C16H26N4O. The SMILES string of the molecule is CCCNc1nc(C2CC2)nc(NC2CC(OC)C2)c1C. The molecule has 2 saturated carbocycles. The summed E-state index contributed by atoms with van der Waals surface area (Å²) in [6, 6.07) is 0.481. The van der Waals surface area contributed by atoms with Crippen LogP contribution in [0.1, 0.15) is 56.3 Å². The first-order chi connectivity index (χ1) is 10.2. The van der Waals surface area contributed by atoms with Crippen LogP contribution in [0.25, 0.3) is 0 Å². The van der Waals surface area contributed by atoms with Crippen molar-refractivity contribution in [1.29, 1.82) is 0 Å². The van der Waals surface area contributed by atoms with E-state index in [-0.39, 0.29) is 0 Å². The molecule has 0 atom stereocenters. The molecule has 0 aromatic carbocycles. The molecule has 2 aliphatic carbocycles. The monoisotopic (exact) mass is 290 g/mol. The maximum atomic E-state index is 5.35. The Morgan fingerprint density at radius 3 is 2.52 bits per heavy atom. The van der Waals surface area contributed by atoms with Gasteiger partial charge in [-0.15, -0.1) is 0 Å². The lowest BCUT2D eigenvalue weighted by atomic mass is 9.89. The molecule has 0 bridgehead atoms. The van der Waals surface area contributed by atoms with Gasteiger partial charge in [0.25, 0.3) is 0 Å². The number of ether oxygens (including phenoxy) is 1. The van der Waals surface area contributed by atoms with E-state index in [1.54, 1.807) is 7.11 Å². The van der Waals surface area contributed by atoms with Gasteiger partial charge in [0.1, 0.15) is 17.5 Å². The van der Waals surface area contributed by atoms with Crippen molar-refractivity contribution in [3.05, 3.63) is 11.4 Å². The lowest BCUT2D eigenvalue weighted by Crippen LogP contribution is -2.40. The molecule has 2 fully saturated rings. The van der Waals surface area contributed by atoms with Gasteiger partial charge in [0.05, 0.1) is 6.10 Å². The second kappa shape index (κ2) is 6.18. The summed E-state index contributed by atoms with van der Waals surface area (Å²) in [7, 11) is 1.79. The first-order valence-corrected chi connectivity index (χ1v) is 8.13. The highest BCUT2D eigenvalue weighted by Gasteiger charge is 2.31. The lowest BCUT2D eigenvalue weighted by molar-refractivity contribution is 0.0327. The topological polar surface area (TPSA) is 59.1 Å². The maximum absolute atomic E-state index is 5.35. The van der Waals surface area contributed by atoms with E-state index in [4.69, 9.17) is 14.7 Å². The first-order valence-electron chi connectivity index (χ1n) is 8.13. The van der Waals surface area contributed by atoms with Crippen LogP contribution < -0.4 is 10.6 Å². The van der Waals surface area contributed by atoms with E-state index >= 15 is 0 Å². The number of nitrogens with zero attached hydrogens (tertiary/aromatic N) is 2. The molecule has 0 aliphatic heterocycles. The fourth-order valence-electron chi connectivity index (χ4n) is 2.68. The van der Waals surface area contributed by atoms with Crippen molar-refractivity contribution in [2.45, 2.75) is 64.0 Å². The van der Waals surface area contributed by atoms with E-state index in [9.17, 15) is 0 Å². The summed E-state index contributed by atoms with van der Waals surface area (Å²) < 4.78 is 5.35. The third kappa shape index (κ3) is 3.28. The van der Waals surface area contributed by atoms with Crippen LogP contribution in [0.5, 0.6) is 0 Å². The standard InChI is InChI=1S/C16H26N4O/c1-4-7-17-14-10(2)15(18-12-8-13(9-12)21-3)20-16(19-14)11-5-6-11/h11-13H,4-9H2,1-3H3,(H2,17,18,19,20). The van der Waals surface area contributed by atoms with Crippen molar-refractivity contribution in [2.75, 3.05) is 24.3 Å². The molecule has 0 unspecified atom stereocenters. The minimum absolute atomic E-state index is 0.408. The van der Waals surface area contributed by atoms with Gasteiger partial charge in [0.15, 0.2) is 0 Å². The highest BCUT2D eigenvalue weighted by atomic mass is 16.5. The minimum atomic E-state index is 0.408. The second-order valence-corrected chi connectivity index (χ2v) is 6.28. The molecule has 2 aliphatic rings. The van der Waals surface area contributed by atoms with Crippen molar-refractivity contribution in [1.82, 2.24) is 9.97 Å². The Bertz CT molecular complexity index is 495. The van der Waals surface area contributed by atoms with Gasteiger partial charge in [-0.05, 0) is 39.0 Å². The predicted molar refractivity (Wildman–Crippen MR) is 85.0 cm³/mol. The van der Waals surface area contributed by atoms with Crippen molar-refractivity contribution in [3.63, 3.8) is 0 Å². The molecule has 21 heavy (non-hydrogen) atoms. The Kier molecular flexibility index (Phi) is 4.29. The number of rotatable bonds is 7. The summed E-state index contributed by atoms with van der Waals surface area (Å²) in [6.45, 7) is 5.23. The summed E-state index contributed by atoms with van der Waals surface area (Å²) in [5.41, 5.74) is 1.13. The molecule has 3 rings (SSSR count). The van der Waals surface area contributed by atoms with Crippen molar-refractivity contribution in [2.24, 2.45) is 0 Å². The van der Waals surface area contributed by atoms with Crippen molar-refractivity contribution < 1.29 is 4.74 Å². The molecule has 0 saturated heterocycles. The Morgan fingerprint density at radius 1 is 1.19 bits per heavy atom. The Morgan fingerprint density at radius 2 is 1.90 bits per heavy atom. The Hall–Kier alpha value is -1.36. The third-order valence-corrected chi connectivity index (χ3v) is 4.42. The van der Waals surface area contributed by atoms with Crippen molar-refractivity contribution >= 4 is 11.6 Å². The van der Waals surface area contributed by atoms with Crippen LogP contribution in [0.2, 0.25) is 0 Å². The van der Waals surface area contributed by atoms with Crippen LogP contribution in [-0.2, 0) is 4.74 Å². The zero-order chi connectivity index (χ0) is 14.8. The van der Waals surface area contributed by atoms with Crippen LogP contribution in [0, 0.1) is 6.92 Å². The van der Waals surface area contributed by atoms with Crippen LogP contribution in [0.3, 0.4) is 0 Å². The quantitative estimate of drug-likeness (QED) is 0.808. The van der Waals surface area contributed by atoms with Gasteiger partial charge in [-0.3, -0.25) is 0 Å². The van der Waals surface area contributed by atoms with Gasteiger partial charge in [-0.1, -0.05) is 6.92 Å². The largest absolute Gasteiger partial charge is 0.381 e. The summed E-state index contributed by atoms with van der Waals surface area (Å²) in [6.07, 6.45) is 6.09. The summed E-state index contributed by atoms with van der Waals surface area (Å²) in [5.74, 6) is 3.58. The number of hydrogen-bond acceptors (Lipinski definition) is 5. The average molecular weight is 290 g/mol. The summed E-state index contributed by atoms with van der Waals surface area (Å²) in [4.78, 5) is 9.50. The van der Waals surface area contributed by atoms with Crippen LogP contribution >= 0.6 is 0 Å². The highest BCUT2D eigenvalue weighted by molar-refractivity contribution is 5.58. The average Bonchev–Trinajstić information content (AvgIpc) is 3.27. The summed E-state index contributed by atoms with van der Waals surface area (Å²) in [5, 5.41) is 7.02. The van der Waals surface area contributed by atoms with Crippen LogP contribution in [0.15, 0.2) is 0 Å². The van der Waals surface area contributed by atoms with Crippen molar-refractivity contribution in [3.8, 4) is 0 Å². The molecule has 1 heterocycles. The van der Waals surface area contributed by atoms with Gasteiger partial charge < -0.3 is 15.4 Å². The minimum Gasteiger partial charge on any atom is -0.381 e. The Labute approximate surface area is 126 Å². The number of aromatic nitrogens is 2. The molecule has 0 radical (unpaired) electrons. The fraction of sp³-hybridized carbons (Fsp3) is 0.750. The zero-order valence-electron chi connectivity index (χ0n) is 13.3. The first kappa shape index (κ1) is 14.6. The normalized spacial score (nSPS) is 24.5. The predicted octanol–water partition coefficient (Wildman–Crippen LogP) is 3.07. The molecule has 5 heteroatoms. The van der Waals surface area contributed by atoms with Crippen LogP contribution in [-0.4, -0.2) is 35.8 Å². The number of anilines is 2. The number of hydrogen-bond donors (Lipinski definition) is 2. The van der Waals surface area contributed by atoms with Crippen LogP contribution in [0.4, 0.5) is 11.6 Å². The molecule has 5 nitrogen and oxygen atoms in total. The molecule has 1 aromatic rings. The highest BCUT2D eigenvalue weighted by Crippen LogP contribution is 2.40. The van der Waals surface area contributed by atoms with Gasteiger partial charge in [0.2, 0.25) is 0 Å². The van der Waals surface area contributed by atoms with E-state index < -0.39 is 0 Å². The second-order valence-electron chi connectivity index (χ2n) is 6.28. The smallest absolute Gasteiger partial charge is 0.136 e. The summed E-state index contributed by atoms with van der Waals surface area (Å²) >= 11 is 0. The van der Waals surface area contributed by atoms with Gasteiger partial charge >= 0.3 is 0 Å². The molecule has 2 N–H and O–H groups in total. The molecule has 1 aromatic heterocycles. The van der Waals surface area contributed by atoms with Gasteiger partial charge in [-0.2, -0.15) is 0 Å². The van der Waals surface area contributed by atoms with Gasteiger partial charge in [0, 0.05) is 31.2 Å². The Balaban J connectivity index is 1.75. The fourth-order valence-corrected chi connectivity index (χ4v) is 2.68. The van der Waals surface area contributed by atoms with E-state index in [1.165, 1.54) is 12.8 Å². The lowest BCUT2D eigenvalue weighted by Gasteiger charge is -2.35. The maximum Gasteiger partial charge on any atom is 0.136 e. The third-order valence-electron chi connectivity index (χ3n) is 4.42. The van der Waals surface area contributed by atoms with E-state index in [1.807, 2.05) is 0 Å². The number of nitrogens with one attached hydrogen (secondary N) is 2. The van der Waals surface area contributed by atoms with E-state index in [2.05, 4.69) is 24.5 Å². The molecule has 0 spiro atoms. The molecular weight excluding hydrogens is 264 g/mol.